The number of nitrogens with one attached hydrogen (secondary N) is 1. The molecule has 2 aromatic rings. The molecule has 1 amide bonds. The van der Waals surface area contributed by atoms with Crippen molar-refractivity contribution in [3.8, 4) is 0 Å². The zero-order chi connectivity index (χ0) is 14.0. The number of anilines is 1. The maximum absolute atomic E-state index is 13.0. The second kappa shape index (κ2) is 5.40. The first kappa shape index (κ1) is 13.5. The summed E-state index contributed by atoms with van der Waals surface area (Å²) >= 11 is 5.80. The molecule has 1 heterocycles. The predicted octanol–water partition coefficient (Wildman–Crippen LogP) is 4.11. The lowest BCUT2D eigenvalue weighted by atomic mass is 10.3. The summed E-state index contributed by atoms with van der Waals surface area (Å²) in [5.74, 6) is -2.07. The van der Waals surface area contributed by atoms with Crippen LogP contribution >= 0.6 is 11.6 Å². The molecule has 0 aliphatic rings. The first-order chi connectivity index (χ1) is 8.97. The van der Waals surface area contributed by atoms with Crippen LogP contribution in [0, 0.1) is 11.6 Å². The molecule has 1 unspecified atom stereocenters. The summed E-state index contributed by atoms with van der Waals surface area (Å²) in [4.78, 5) is 11.8. The van der Waals surface area contributed by atoms with E-state index in [9.17, 15) is 13.6 Å². The van der Waals surface area contributed by atoms with Crippen LogP contribution in [0.2, 0.25) is 0 Å². The van der Waals surface area contributed by atoms with Gasteiger partial charge in [-0.2, -0.15) is 0 Å². The number of hydrogen-bond acceptors (Lipinski definition) is 2. The molecule has 1 N–H and O–H groups in total. The van der Waals surface area contributed by atoms with Crippen molar-refractivity contribution in [1.29, 1.82) is 0 Å². The maximum atomic E-state index is 13.0. The normalized spacial score (nSPS) is 12.2. The van der Waals surface area contributed by atoms with Crippen molar-refractivity contribution >= 4 is 23.2 Å². The highest BCUT2D eigenvalue weighted by Gasteiger charge is 2.14. The summed E-state index contributed by atoms with van der Waals surface area (Å²) in [5, 5.41) is 2.04. The largest absolute Gasteiger partial charge is 0.454 e. The number of alkyl halides is 1. The third-order valence-electron chi connectivity index (χ3n) is 2.42. The van der Waals surface area contributed by atoms with Gasteiger partial charge in [-0.3, -0.25) is 4.79 Å². The highest BCUT2D eigenvalue weighted by Crippen LogP contribution is 2.22. The lowest BCUT2D eigenvalue weighted by Crippen LogP contribution is -2.11. The predicted molar refractivity (Wildman–Crippen MR) is 67.3 cm³/mol. The molecule has 1 aromatic heterocycles. The van der Waals surface area contributed by atoms with Crippen LogP contribution in [0.1, 0.15) is 28.6 Å². The van der Waals surface area contributed by atoms with Crippen LogP contribution in [-0.4, -0.2) is 5.91 Å². The molecular formula is C13H10ClF2NO2. The highest BCUT2D eigenvalue weighted by molar-refractivity contribution is 6.20. The summed E-state index contributed by atoms with van der Waals surface area (Å²) in [5.41, 5.74) is 0.140. The topological polar surface area (TPSA) is 42.2 Å². The minimum absolute atomic E-state index is 0.0484. The van der Waals surface area contributed by atoms with Crippen LogP contribution in [0.4, 0.5) is 14.5 Å². The number of furan rings is 1. The van der Waals surface area contributed by atoms with Gasteiger partial charge in [0.15, 0.2) is 17.4 Å². The Hall–Kier alpha value is -1.88. The fourth-order valence-electron chi connectivity index (χ4n) is 1.46. The Kier molecular flexibility index (Phi) is 3.85. The summed E-state index contributed by atoms with van der Waals surface area (Å²) in [7, 11) is 0. The molecule has 100 valence electrons. The number of carbonyl (C=O) groups is 1. The number of amides is 1. The second-order valence-electron chi connectivity index (χ2n) is 3.90. The van der Waals surface area contributed by atoms with Gasteiger partial charge in [0.1, 0.15) is 5.76 Å². The van der Waals surface area contributed by atoms with Gasteiger partial charge in [-0.1, -0.05) is 0 Å². The van der Waals surface area contributed by atoms with E-state index >= 15 is 0 Å². The summed E-state index contributed by atoms with van der Waals surface area (Å²) in [6, 6.07) is 6.12. The molecule has 0 saturated heterocycles. The second-order valence-corrected chi connectivity index (χ2v) is 4.56. The fourth-order valence-corrected chi connectivity index (χ4v) is 1.57. The van der Waals surface area contributed by atoms with E-state index in [1.165, 1.54) is 12.1 Å². The van der Waals surface area contributed by atoms with Crippen molar-refractivity contribution in [2.45, 2.75) is 12.3 Å². The molecule has 1 atom stereocenters. The van der Waals surface area contributed by atoms with Gasteiger partial charge in [0.2, 0.25) is 0 Å². The average molecular weight is 286 g/mol. The van der Waals surface area contributed by atoms with Gasteiger partial charge in [-0.05, 0) is 31.2 Å². The van der Waals surface area contributed by atoms with E-state index in [0.29, 0.717) is 5.76 Å². The molecule has 3 nitrogen and oxygen atoms in total. The van der Waals surface area contributed by atoms with E-state index in [-0.39, 0.29) is 16.8 Å². The van der Waals surface area contributed by atoms with Crippen molar-refractivity contribution in [3.63, 3.8) is 0 Å². The van der Waals surface area contributed by atoms with Gasteiger partial charge in [0, 0.05) is 11.8 Å². The van der Waals surface area contributed by atoms with Crippen molar-refractivity contribution in [3.05, 3.63) is 53.5 Å². The van der Waals surface area contributed by atoms with E-state index < -0.39 is 17.5 Å². The van der Waals surface area contributed by atoms with E-state index in [1.54, 1.807) is 13.0 Å². The molecule has 6 heteroatoms. The molecule has 0 saturated carbocycles. The molecule has 19 heavy (non-hydrogen) atoms. The van der Waals surface area contributed by atoms with Crippen LogP contribution in [0.15, 0.2) is 34.7 Å². The number of halogens is 3. The smallest absolute Gasteiger partial charge is 0.291 e. The zero-order valence-corrected chi connectivity index (χ0v) is 10.7. The summed E-state index contributed by atoms with van der Waals surface area (Å²) < 4.78 is 30.9. The molecule has 0 fully saturated rings. The van der Waals surface area contributed by atoms with Gasteiger partial charge in [0.05, 0.1) is 5.38 Å². The Balaban J connectivity index is 2.13. The Bertz CT molecular complexity index is 610. The van der Waals surface area contributed by atoms with Gasteiger partial charge < -0.3 is 9.73 Å². The molecule has 0 radical (unpaired) electrons. The van der Waals surface area contributed by atoms with Gasteiger partial charge in [-0.15, -0.1) is 11.6 Å². The Morgan fingerprint density at radius 2 is 2.00 bits per heavy atom. The molecule has 0 bridgehead atoms. The van der Waals surface area contributed by atoms with E-state index in [0.717, 1.165) is 12.1 Å². The Morgan fingerprint density at radius 3 is 2.58 bits per heavy atom. The minimum atomic E-state index is -1.03. The number of carbonyl (C=O) groups excluding carboxylic acids is 1. The Labute approximate surface area is 113 Å². The third kappa shape index (κ3) is 3.12. The van der Waals surface area contributed by atoms with E-state index in [4.69, 9.17) is 16.0 Å². The third-order valence-corrected chi connectivity index (χ3v) is 2.64. The molecule has 0 aliphatic heterocycles. The van der Waals surface area contributed by atoms with E-state index in [1.807, 2.05) is 0 Å². The standard InChI is InChI=1S/C13H10ClF2NO2/c1-7(14)11-4-5-12(19-11)13(18)17-8-2-3-9(15)10(16)6-8/h2-7H,1H3,(H,17,18). The summed E-state index contributed by atoms with van der Waals surface area (Å²) in [6.07, 6.45) is 0. The SMILES string of the molecule is CC(Cl)c1ccc(C(=O)Nc2ccc(F)c(F)c2)o1. The van der Waals surface area contributed by atoms with Gasteiger partial charge in [-0.25, -0.2) is 8.78 Å². The van der Waals surface area contributed by atoms with Crippen LogP contribution < -0.4 is 5.32 Å². The van der Waals surface area contributed by atoms with Crippen molar-refractivity contribution < 1.29 is 18.0 Å². The average Bonchev–Trinajstić information content (AvgIpc) is 2.83. The lowest BCUT2D eigenvalue weighted by molar-refractivity contribution is 0.0995. The zero-order valence-electron chi connectivity index (χ0n) is 9.91. The molecule has 1 aromatic carbocycles. The molecule has 2 rings (SSSR count). The van der Waals surface area contributed by atoms with Crippen molar-refractivity contribution in [2.24, 2.45) is 0 Å². The first-order valence-electron chi connectivity index (χ1n) is 5.47. The first-order valence-corrected chi connectivity index (χ1v) is 5.91. The fraction of sp³-hybridized carbons (Fsp3) is 0.154. The maximum Gasteiger partial charge on any atom is 0.291 e. The number of hydrogen-bond donors (Lipinski definition) is 1. The van der Waals surface area contributed by atoms with Gasteiger partial charge in [0.25, 0.3) is 5.91 Å². The quantitative estimate of drug-likeness (QED) is 0.862. The minimum Gasteiger partial charge on any atom is -0.454 e. The molecule has 0 spiro atoms. The van der Waals surface area contributed by atoms with Crippen LogP contribution in [0.3, 0.4) is 0 Å². The van der Waals surface area contributed by atoms with Crippen LogP contribution in [0.5, 0.6) is 0 Å². The molecule has 0 aliphatic carbocycles. The van der Waals surface area contributed by atoms with Crippen molar-refractivity contribution in [1.82, 2.24) is 0 Å². The number of rotatable bonds is 3. The molecular weight excluding hydrogens is 276 g/mol. The Morgan fingerprint density at radius 1 is 1.26 bits per heavy atom. The van der Waals surface area contributed by atoms with Crippen LogP contribution in [-0.2, 0) is 0 Å². The number of benzene rings is 1. The highest BCUT2D eigenvalue weighted by atomic mass is 35.5. The monoisotopic (exact) mass is 285 g/mol. The lowest BCUT2D eigenvalue weighted by Gasteiger charge is -2.03. The summed E-state index contributed by atoms with van der Waals surface area (Å²) in [6.45, 7) is 1.71. The van der Waals surface area contributed by atoms with Gasteiger partial charge >= 0.3 is 0 Å². The van der Waals surface area contributed by atoms with Crippen molar-refractivity contribution in [2.75, 3.05) is 5.32 Å². The van der Waals surface area contributed by atoms with E-state index in [2.05, 4.69) is 5.32 Å². The van der Waals surface area contributed by atoms with Crippen LogP contribution in [0.25, 0.3) is 0 Å².